The molecule has 0 saturated heterocycles. The van der Waals surface area contributed by atoms with E-state index >= 15 is 0 Å². The number of halogens is 1. The molecule has 5 rings (SSSR count). The van der Waals surface area contributed by atoms with Crippen LogP contribution in [0.4, 0.5) is 5.00 Å². The molecule has 0 bridgehead atoms. The minimum atomic E-state index is -0.388. The van der Waals surface area contributed by atoms with Crippen LogP contribution in [0.25, 0.3) is 0 Å². The molecule has 0 unspecified atom stereocenters. The summed E-state index contributed by atoms with van der Waals surface area (Å²) in [4.78, 5) is 39.0. The van der Waals surface area contributed by atoms with Gasteiger partial charge in [0.25, 0.3) is 11.8 Å². The molecule has 0 atom stereocenters. The average molecular weight is 622 g/mol. The molecule has 0 spiro atoms. The largest absolute Gasteiger partial charge is 0.318 e. The van der Waals surface area contributed by atoms with Gasteiger partial charge < -0.3 is 5.32 Å². The molecule has 1 aliphatic rings. The van der Waals surface area contributed by atoms with E-state index in [1.54, 1.807) is 41.8 Å². The van der Waals surface area contributed by atoms with Gasteiger partial charge in [-0.3, -0.25) is 19.8 Å². The summed E-state index contributed by atoms with van der Waals surface area (Å²) in [6.07, 6.45) is 5.96. The molecular weight excluding hydrogens is 594 g/mol. The first-order valence-corrected chi connectivity index (χ1v) is 15.5. The Labute approximate surface area is 255 Å². The number of thioether (sulfide) groups is 1. The maximum Gasteiger partial charge on any atom is 0.270 e. The van der Waals surface area contributed by atoms with Crippen LogP contribution in [0.2, 0.25) is 5.02 Å². The van der Waals surface area contributed by atoms with Gasteiger partial charge in [0.1, 0.15) is 0 Å². The first-order valence-electron chi connectivity index (χ1n) is 13.3. The van der Waals surface area contributed by atoms with Crippen LogP contribution in [0.5, 0.6) is 0 Å². The third-order valence-corrected chi connectivity index (χ3v) is 8.89. The number of hydrazone groups is 1. The molecule has 216 valence electrons. The fraction of sp³-hybridized carbons (Fsp3) is 0.241. The Hall–Kier alpha value is -4.00. The predicted octanol–water partition coefficient (Wildman–Crippen LogP) is 5.05. The number of amides is 3. The number of nitrogens with zero attached hydrogens (tertiary/aromatic N) is 4. The normalized spacial score (nSPS) is 12.6. The van der Waals surface area contributed by atoms with E-state index < -0.39 is 0 Å². The Kier molecular flexibility index (Phi) is 9.67. The topological polar surface area (TPSA) is 130 Å². The van der Waals surface area contributed by atoms with Crippen molar-refractivity contribution in [1.82, 2.24) is 20.3 Å². The quantitative estimate of drug-likeness (QED) is 0.129. The number of hydrogen-bond donors (Lipinski definition) is 3. The van der Waals surface area contributed by atoms with Gasteiger partial charge in [0, 0.05) is 28.8 Å². The molecule has 13 heteroatoms. The lowest BCUT2D eigenvalue weighted by molar-refractivity contribution is -0.118. The summed E-state index contributed by atoms with van der Waals surface area (Å²) < 4.78 is 1.51. The zero-order valence-electron chi connectivity index (χ0n) is 22.7. The fourth-order valence-electron chi connectivity index (χ4n) is 4.51. The highest BCUT2D eigenvalue weighted by Crippen LogP contribution is 2.39. The highest BCUT2D eigenvalue weighted by Gasteiger charge is 2.25. The first kappa shape index (κ1) is 29.5. The van der Waals surface area contributed by atoms with E-state index in [9.17, 15) is 14.4 Å². The summed E-state index contributed by atoms with van der Waals surface area (Å²) in [7, 11) is 0. The number of fused-ring (bicyclic) bond motifs is 1. The summed E-state index contributed by atoms with van der Waals surface area (Å²) in [5, 5.41) is 17.3. The highest BCUT2D eigenvalue weighted by atomic mass is 35.5. The van der Waals surface area contributed by atoms with Crippen molar-refractivity contribution in [2.24, 2.45) is 5.10 Å². The Bertz CT molecular complexity index is 1620. The van der Waals surface area contributed by atoms with E-state index in [0.717, 1.165) is 53.6 Å². The van der Waals surface area contributed by atoms with Gasteiger partial charge in [0.05, 0.1) is 17.0 Å². The predicted molar refractivity (Wildman–Crippen MR) is 166 cm³/mol. The second kappa shape index (κ2) is 13.8. The van der Waals surface area contributed by atoms with Crippen molar-refractivity contribution in [2.45, 2.75) is 44.2 Å². The third kappa shape index (κ3) is 7.44. The molecular formula is C29H28ClN7O3S2. The van der Waals surface area contributed by atoms with Crippen LogP contribution in [-0.4, -0.2) is 44.6 Å². The Balaban J connectivity index is 1.38. The van der Waals surface area contributed by atoms with Crippen LogP contribution in [0.15, 0.2) is 64.9 Å². The van der Waals surface area contributed by atoms with Crippen LogP contribution in [0.3, 0.4) is 0 Å². The van der Waals surface area contributed by atoms with Crippen LogP contribution >= 0.6 is 34.7 Å². The van der Waals surface area contributed by atoms with Gasteiger partial charge in [-0.2, -0.15) is 5.10 Å². The molecule has 2 heterocycles. The van der Waals surface area contributed by atoms with Crippen molar-refractivity contribution in [3.8, 4) is 0 Å². The minimum absolute atomic E-state index is 0.00787. The molecule has 2 aromatic carbocycles. The van der Waals surface area contributed by atoms with Crippen molar-refractivity contribution in [3.05, 3.63) is 92.6 Å². The maximum absolute atomic E-state index is 13.2. The van der Waals surface area contributed by atoms with E-state index in [-0.39, 0.29) is 23.5 Å². The zero-order valence-corrected chi connectivity index (χ0v) is 25.1. The lowest BCUT2D eigenvalue weighted by atomic mass is 9.94. The molecule has 0 radical (unpaired) electrons. The number of carbonyl (C=O) groups excluding carboxylic acids is 3. The maximum atomic E-state index is 13.2. The third-order valence-electron chi connectivity index (χ3n) is 6.46. The van der Waals surface area contributed by atoms with Crippen molar-refractivity contribution in [1.29, 1.82) is 0 Å². The number of benzene rings is 2. The van der Waals surface area contributed by atoms with Crippen molar-refractivity contribution in [2.75, 3.05) is 16.5 Å². The van der Waals surface area contributed by atoms with E-state index in [1.165, 1.54) is 22.0 Å². The molecule has 2 aromatic heterocycles. The van der Waals surface area contributed by atoms with E-state index in [2.05, 4.69) is 31.5 Å². The van der Waals surface area contributed by atoms with Crippen molar-refractivity contribution < 1.29 is 14.4 Å². The standard InChI is InChI=1S/C29H28ClN7O3S2/c1-18(38)32-28-23(22-9-5-6-10-24(22)42-28)15-25-33-35-29(37(25)36-27(40)20-11-13-21(30)14-12-20)41-17-26(39)34-31-16-19-7-3-2-4-8-19/h2-4,7-8,11-14,16H,5-6,9-10,15,17H2,1H3,(H,32,38)(H,34,39)(H,36,40)/b31-16+. The summed E-state index contributed by atoms with van der Waals surface area (Å²) in [5.74, 6) is -0.413. The first-order chi connectivity index (χ1) is 20.4. The smallest absolute Gasteiger partial charge is 0.270 e. The van der Waals surface area contributed by atoms with E-state index in [1.807, 2.05) is 30.3 Å². The fourth-order valence-corrected chi connectivity index (χ4v) is 6.69. The van der Waals surface area contributed by atoms with Gasteiger partial charge in [-0.05, 0) is 66.6 Å². The lowest BCUT2D eigenvalue weighted by Crippen LogP contribution is -2.26. The second-order valence-electron chi connectivity index (χ2n) is 9.55. The Morgan fingerprint density at radius 2 is 1.83 bits per heavy atom. The number of anilines is 1. The van der Waals surface area contributed by atoms with Crippen LogP contribution < -0.4 is 16.2 Å². The molecule has 0 saturated carbocycles. The molecule has 1 aliphatic carbocycles. The summed E-state index contributed by atoms with van der Waals surface area (Å²) in [6.45, 7) is 1.49. The van der Waals surface area contributed by atoms with Crippen LogP contribution in [0.1, 0.15) is 57.5 Å². The number of thiophene rings is 1. The van der Waals surface area contributed by atoms with Crippen LogP contribution in [0, 0.1) is 0 Å². The molecule has 10 nitrogen and oxygen atoms in total. The number of carbonyl (C=O) groups is 3. The van der Waals surface area contributed by atoms with E-state index in [0.29, 0.717) is 28.0 Å². The van der Waals surface area contributed by atoms with Crippen molar-refractivity contribution in [3.63, 3.8) is 0 Å². The molecule has 3 amide bonds. The summed E-state index contributed by atoms with van der Waals surface area (Å²) >= 11 is 8.71. The number of rotatable bonds is 10. The Morgan fingerprint density at radius 1 is 1.07 bits per heavy atom. The second-order valence-corrected chi connectivity index (χ2v) is 12.0. The molecule has 4 aromatic rings. The van der Waals surface area contributed by atoms with Gasteiger partial charge in [-0.1, -0.05) is 53.7 Å². The highest BCUT2D eigenvalue weighted by molar-refractivity contribution is 7.99. The molecule has 3 N–H and O–H groups in total. The van der Waals surface area contributed by atoms with Gasteiger partial charge in [0.15, 0.2) is 5.82 Å². The van der Waals surface area contributed by atoms with Gasteiger partial charge >= 0.3 is 0 Å². The number of hydrogen-bond acceptors (Lipinski definition) is 8. The van der Waals surface area contributed by atoms with Gasteiger partial charge in [-0.15, -0.1) is 21.5 Å². The SMILES string of the molecule is CC(=O)Nc1sc2c(c1Cc1nnc(SCC(=O)N/N=C/c3ccccc3)n1NC(=O)c1ccc(Cl)cc1)CCCC2. The zero-order chi connectivity index (χ0) is 29.5. The summed E-state index contributed by atoms with van der Waals surface area (Å²) in [5.41, 5.74) is 8.84. The molecule has 42 heavy (non-hydrogen) atoms. The average Bonchev–Trinajstić information content (AvgIpc) is 3.52. The summed E-state index contributed by atoms with van der Waals surface area (Å²) in [6, 6.07) is 15.9. The van der Waals surface area contributed by atoms with E-state index in [4.69, 9.17) is 11.6 Å². The monoisotopic (exact) mass is 621 g/mol. The Morgan fingerprint density at radius 3 is 2.60 bits per heavy atom. The van der Waals surface area contributed by atoms with Crippen molar-refractivity contribution >= 4 is 63.6 Å². The minimum Gasteiger partial charge on any atom is -0.318 e. The van der Waals surface area contributed by atoms with Gasteiger partial charge in [-0.25, -0.2) is 10.1 Å². The lowest BCUT2D eigenvalue weighted by Gasteiger charge is -2.15. The molecule has 0 fully saturated rings. The number of aromatic nitrogens is 3. The van der Waals surface area contributed by atoms with Gasteiger partial charge in [0.2, 0.25) is 11.1 Å². The number of nitrogens with one attached hydrogen (secondary N) is 3. The number of aryl methyl sites for hydroxylation is 1. The van der Waals surface area contributed by atoms with Crippen LogP contribution in [-0.2, 0) is 28.9 Å². The molecule has 0 aliphatic heterocycles.